The minimum Gasteiger partial charge on any atom is -0.273 e. The molecule has 0 heterocycles. The number of carbonyl (C=O) groups excluding carboxylic acids is 1. The molecule has 1 rings (SSSR count). The summed E-state index contributed by atoms with van der Waals surface area (Å²) in [6.07, 6.45) is 7.72. The number of hydrogen-bond acceptors (Lipinski definition) is 2. The molecule has 3 heteroatoms. The Morgan fingerprint density at radius 1 is 1.16 bits per heavy atom. The summed E-state index contributed by atoms with van der Waals surface area (Å²) in [5.41, 5.74) is 4.87. The average molecular weight is 260 g/mol. The van der Waals surface area contributed by atoms with Crippen molar-refractivity contribution in [2.45, 2.75) is 52.4 Å². The summed E-state index contributed by atoms with van der Waals surface area (Å²) < 4.78 is 0. The number of hydrazone groups is 1. The minimum absolute atomic E-state index is 0.00229. The summed E-state index contributed by atoms with van der Waals surface area (Å²) in [6, 6.07) is 8.17. The van der Waals surface area contributed by atoms with Crippen LogP contribution >= 0.6 is 0 Å². The van der Waals surface area contributed by atoms with E-state index >= 15 is 0 Å². The van der Waals surface area contributed by atoms with Gasteiger partial charge in [-0.25, -0.2) is 5.43 Å². The molecule has 0 saturated heterocycles. The summed E-state index contributed by atoms with van der Waals surface area (Å²) >= 11 is 0. The molecular weight excluding hydrogens is 236 g/mol. The van der Waals surface area contributed by atoms with E-state index in [0.29, 0.717) is 6.42 Å². The highest BCUT2D eigenvalue weighted by Gasteiger charge is 1.98. The number of benzene rings is 1. The van der Waals surface area contributed by atoms with Gasteiger partial charge in [-0.3, -0.25) is 4.79 Å². The highest BCUT2D eigenvalue weighted by atomic mass is 16.2. The van der Waals surface area contributed by atoms with Crippen LogP contribution in [0.5, 0.6) is 0 Å². The van der Waals surface area contributed by atoms with Gasteiger partial charge in [0.15, 0.2) is 0 Å². The number of amides is 1. The highest BCUT2D eigenvalue weighted by molar-refractivity contribution is 5.82. The van der Waals surface area contributed by atoms with Crippen LogP contribution < -0.4 is 5.43 Å². The van der Waals surface area contributed by atoms with Crippen LogP contribution in [0.15, 0.2) is 29.4 Å². The minimum atomic E-state index is -0.00229. The molecule has 0 radical (unpaired) electrons. The Balaban J connectivity index is 2.26. The number of aryl methyl sites for hydroxylation is 1. The van der Waals surface area contributed by atoms with Gasteiger partial charge in [0.25, 0.3) is 0 Å². The molecule has 1 aromatic rings. The molecule has 0 aliphatic rings. The van der Waals surface area contributed by atoms with Gasteiger partial charge in [0, 0.05) is 6.42 Å². The maximum Gasteiger partial charge on any atom is 0.240 e. The Morgan fingerprint density at radius 3 is 2.53 bits per heavy atom. The lowest BCUT2D eigenvalue weighted by molar-refractivity contribution is -0.121. The maximum absolute atomic E-state index is 11.5. The van der Waals surface area contributed by atoms with Crippen molar-refractivity contribution in [1.82, 2.24) is 5.43 Å². The van der Waals surface area contributed by atoms with Crippen molar-refractivity contribution in [2.75, 3.05) is 0 Å². The lowest BCUT2D eigenvalue weighted by Crippen LogP contribution is -2.16. The Kier molecular flexibility index (Phi) is 7.56. The summed E-state index contributed by atoms with van der Waals surface area (Å²) in [5.74, 6) is -0.00229. The summed E-state index contributed by atoms with van der Waals surface area (Å²) in [5, 5.41) is 3.97. The van der Waals surface area contributed by atoms with Crippen molar-refractivity contribution in [1.29, 1.82) is 0 Å². The number of unbranched alkanes of at least 4 members (excludes halogenated alkanes) is 3. The molecule has 1 N–H and O–H groups in total. The number of rotatable bonds is 8. The van der Waals surface area contributed by atoms with Crippen molar-refractivity contribution in [3.05, 3.63) is 35.4 Å². The first-order valence-corrected chi connectivity index (χ1v) is 7.17. The molecule has 0 aromatic heterocycles. The van der Waals surface area contributed by atoms with E-state index in [1.165, 1.54) is 18.4 Å². The molecule has 0 atom stereocenters. The van der Waals surface area contributed by atoms with Gasteiger partial charge >= 0.3 is 0 Å². The van der Waals surface area contributed by atoms with Gasteiger partial charge in [0.1, 0.15) is 0 Å². The Morgan fingerprint density at radius 2 is 1.89 bits per heavy atom. The van der Waals surface area contributed by atoms with Crippen LogP contribution in [-0.2, 0) is 11.2 Å². The maximum atomic E-state index is 11.5. The van der Waals surface area contributed by atoms with Crippen molar-refractivity contribution >= 4 is 12.1 Å². The first-order valence-electron chi connectivity index (χ1n) is 7.17. The first-order chi connectivity index (χ1) is 9.26. The molecule has 1 amide bonds. The van der Waals surface area contributed by atoms with Gasteiger partial charge in [-0.05, 0) is 24.0 Å². The average Bonchev–Trinajstić information content (AvgIpc) is 2.44. The third-order valence-electron chi connectivity index (χ3n) is 3.05. The van der Waals surface area contributed by atoms with Crippen molar-refractivity contribution in [2.24, 2.45) is 5.10 Å². The van der Waals surface area contributed by atoms with Crippen molar-refractivity contribution in [3.63, 3.8) is 0 Å². The van der Waals surface area contributed by atoms with E-state index in [0.717, 1.165) is 24.8 Å². The standard InChI is InChI=1S/C16H24N2O/c1-3-5-6-7-8-16(19)18-17-13-15-11-9-14(4-2)10-12-15/h9-13H,3-8H2,1-2H3,(H,18,19)/b17-13+. The molecule has 19 heavy (non-hydrogen) atoms. The molecule has 0 unspecified atom stereocenters. The fourth-order valence-corrected chi connectivity index (χ4v) is 1.79. The normalized spacial score (nSPS) is 10.8. The molecule has 1 aromatic carbocycles. The second kappa shape index (κ2) is 9.31. The smallest absolute Gasteiger partial charge is 0.240 e. The van der Waals surface area contributed by atoms with Gasteiger partial charge < -0.3 is 0 Å². The quantitative estimate of drug-likeness (QED) is 0.432. The predicted octanol–water partition coefficient (Wildman–Crippen LogP) is 3.67. The second-order valence-corrected chi connectivity index (χ2v) is 4.70. The molecule has 0 aliphatic heterocycles. The monoisotopic (exact) mass is 260 g/mol. The van der Waals surface area contributed by atoms with Crippen LogP contribution in [0.3, 0.4) is 0 Å². The van der Waals surface area contributed by atoms with Crippen LogP contribution in [0.25, 0.3) is 0 Å². The van der Waals surface area contributed by atoms with E-state index in [4.69, 9.17) is 0 Å². The molecule has 3 nitrogen and oxygen atoms in total. The van der Waals surface area contributed by atoms with Crippen LogP contribution in [0.2, 0.25) is 0 Å². The summed E-state index contributed by atoms with van der Waals surface area (Å²) in [6.45, 7) is 4.29. The van der Waals surface area contributed by atoms with E-state index in [1.807, 2.05) is 12.1 Å². The lowest BCUT2D eigenvalue weighted by atomic mass is 10.1. The van der Waals surface area contributed by atoms with E-state index in [9.17, 15) is 4.79 Å². The van der Waals surface area contributed by atoms with E-state index in [2.05, 4.69) is 36.5 Å². The van der Waals surface area contributed by atoms with E-state index < -0.39 is 0 Å². The number of nitrogens with one attached hydrogen (secondary N) is 1. The van der Waals surface area contributed by atoms with Gasteiger partial charge in [0.05, 0.1) is 6.21 Å². The van der Waals surface area contributed by atoms with Crippen LogP contribution in [-0.4, -0.2) is 12.1 Å². The summed E-state index contributed by atoms with van der Waals surface area (Å²) in [4.78, 5) is 11.5. The number of carbonyl (C=O) groups is 1. The molecule has 0 spiro atoms. The van der Waals surface area contributed by atoms with Gasteiger partial charge in [0.2, 0.25) is 5.91 Å². The Hall–Kier alpha value is -1.64. The molecule has 104 valence electrons. The predicted molar refractivity (Wildman–Crippen MR) is 80.3 cm³/mol. The molecule has 0 bridgehead atoms. The number of hydrogen-bond donors (Lipinski definition) is 1. The van der Waals surface area contributed by atoms with Crippen molar-refractivity contribution < 1.29 is 4.79 Å². The molecule has 0 aliphatic carbocycles. The van der Waals surface area contributed by atoms with E-state index in [1.54, 1.807) is 6.21 Å². The molecule has 0 fully saturated rings. The molecular formula is C16H24N2O. The summed E-state index contributed by atoms with van der Waals surface area (Å²) in [7, 11) is 0. The zero-order valence-electron chi connectivity index (χ0n) is 12.0. The first kappa shape index (κ1) is 15.4. The lowest BCUT2D eigenvalue weighted by Gasteiger charge is -2.00. The van der Waals surface area contributed by atoms with Crippen molar-refractivity contribution in [3.8, 4) is 0 Å². The third-order valence-corrected chi connectivity index (χ3v) is 3.05. The van der Waals surface area contributed by atoms with Gasteiger partial charge in [-0.2, -0.15) is 5.10 Å². The third kappa shape index (κ3) is 6.75. The second-order valence-electron chi connectivity index (χ2n) is 4.70. The van der Waals surface area contributed by atoms with Gasteiger partial charge in [-0.15, -0.1) is 0 Å². The fourth-order valence-electron chi connectivity index (χ4n) is 1.79. The fraction of sp³-hybridized carbons (Fsp3) is 0.500. The Labute approximate surface area is 116 Å². The van der Waals surface area contributed by atoms with E-state index in [-0.39, 0.29) is 5.91 Å². The zero-order valence-corrected chi connectivity index (χ0v) is 12.0. The zero-order chi connectivity index (χ0) is 13.9. The molecule has 0 saturated carbocycles. The van der Waals surface area contributed by atoms with Crippen LogP contribution in [0.4, 0.5) is 0 Å². The Bertz CT molecular complexity index is 396. The largest absolute Gasteiger partial charge is 0.273 e. The van der Waals surface area contributed by atoms with Crippen LogP contribution in [0.1, 0.15) is 57.1 Å². The van der Waals surface area contributed by atoms with Gasteiger partial charge in [-0.1, -0.05) is 57.4 Å². The number of nitrogens with zero attached hydrogens (tertiary/aromatic N) is 1. The van der Waals surface area contributed by atoms with Crippen LogP contribution in [0, 0.1) is 0 Å². The topological polar surface area (TPSA) is 41.5 Å². The highest BCUT2D eigenvalue weighted by Crippen LogP contribution is 2.03. The SMILES string of the molecule is CCCCCCC(=O)N/N=C/c1ccc(CC)cc1.